The van der Waals surface area contributed by atoms with Crippen molar-refractivity contribution in [1.29, 1.82) is 0 Å². The lowest BCUT2D eigenvalue weighted by Gasteiger charge is -2.17. The number of nitrogens with one attached hydrogen (secondary N) is 1. The number of rotatable bonds is 7. The lowest BCUT2D eigenvalue weighted by atomic mass is 10.0. The van der Waals surface area contributed by atoms with E-state index < -0.39 is 0 Å². The first-order chi connectivity index (χ1) is 10.2. The lowest BCUT2D eigenvalue weighted by Crippen LogP contribution is -2.29. The van der Waals surface area contributed by atoms with Gasteiger partial charge in [0.2, 0.25) is 5.91 Å². The highest BCUT2D eigenvalue weighted by Crippen LogP contribution is 2.19. The summed E-state index contributed by atoms with van der Waals surface area (Å²) in [5, 5.41) is 5.62. The van der Waals surface area contributed by atoms with Gasteiger partial charge in [0.15, 0.2) is 0 Å². The van der Waals surface area contributed by atoms with Gasteiger partial charge in [-0.2, -0.15) is 0 Å². The summed E-state index contributed by atoms with van der Waals surface area (Å²) in [6.45, 7) is 1.66. The molecular weight excluding hydrogens is 296 g/mol. The Kier molecular flexibility index (Phi) is 7.92. The van der Waals surface area contributed by atoms with Gasteiger partial charge in [0.25, 0.3) is 0 Å². The molecule has 3 nitrogen and oxygen atoms in total. The predicted octanol–water partition coefficient (Wildman–Crippen LogP) is 3.26. The van der Waals surface area contributed by atoms with Crippen LogP contribution in [-0.2, 0) is 11.2 Å². The summed E-state index contributed by atoms with van der Waals surface area (Å²) in [6, 6.07) is 14.8. The van der Waals surface area contributed by atoms with E-state index in [1.54, 1.807) is 0 Å². The number of fused-ring (bicyclic) bond motifs is 1. The number of nitrogens with zero attached hydrogens (tertiary/aromatic N) is 1. The fraction of sp³-hybridized carbons (Fsp3) is 0.389. The summed E-state index contributed by atoms with van der Waals surface area (Å²) in [5.74, 6) is 0.227. The molecule has 0 radical (unpaired) electrons. The summed E-state index contributed by atoms with van der Waals surface area (Å²) in [4.78, 5) is 13.8. The van der Waals surface area contributed by atoms with Crippen LogP contribution in [0.25, 0.3) is 10.8 Å². The van der Waals surface area contributed by atoms with Crippen LogP contribution >= 0.6 is 12.4 Å². The highest BCUT2D eigenvalue weighted by Gasteiger charge is 2.09. The van der Waals surface area contributed by atoms with Crippen molar-refractivity contribution in [3.05, 3.63) is 48.0 Å². The number of halogens is 1. The van der Waals surface area contributed by atoms with Crippen molar-refractivity contribution >= 4 is 29.1 Å². The van der Waals surface area contributed by atoms with E-state index in [0.29, 0.717) is 6.42 Å². The van der Waals surface area contributed by atoms with Gasteiger partial charge in [0, 0.05) is 20.0 Å². The van der Waals surface area contributed by atoms with Gasteiger partial charge in [-0.15, -0.1) is 12.4 Å². The van der Waals surface area contributed by atoms with Gasteiger partial charge in [0.1, 0.15) is 0 Å². The van der Waals surface area contributed by atoms with Crippen LogP contribution in [0.15, 0.2) is 42.5 Å². The van der Waals surface area contributed by atoms with Crippen LogP contribution in [0.1, 0.15) is 18.4 Å². The van der Waals surface area contributed by atoms with Crippen LogP contribution in [0.4, 0.5) is 0 Å². The monoisotopic (exact) mass is 320 g/mol. The first kappa shape index (κ1) is 18.5. The van der Waals surface area contributed by atoms with E-state index in [9.17, 15) is 4.79 Å². The van der Waals surface area contributed by atoms with Crippen molar-refractivity contribution in [3.8, 4) is 0 Å². The van der Waals surface area contributed by atoms with E-state index in [2.05, 4.69) is 47.8 Å². The molecule has 22 heavy (non-hydrogen) atoms. The van der Waals surface area contributed by atoms with Crippen molar-refractivity contribution < 1.29 is 4.79 Å². The number of benzene rings is 2. The van der Waals surface area contributed by atoms with Gasteiger partial charge in [0.05, 0.1) is 0 Å². The molecule has 0 saturated carbocycles. The second-order valence-electron chi connectivity index (χ2n) is 5.41. The highest BCUT2D eigenvalue weighted by atomic mass is 35.5. The second-order valence-corrected chi connectivity index (χ2v) is 5.41. The number of amides is 1. The third kappa shape index (κ3) is 5.00. The maximum Gasteiger partial charge on any atom is 0.222 e. The van der Waals surface area contributed by atoms with Crippen molar-refractivity contribution in [2.45, 2.75) is 19.3 Å². The maximum absolute atomic E-state index is 12.0. The zero-order chi connectivity index (χ0) is 15.1. The van der Waals surface area contributed by atoms with E-state index in [-0.39, 0.29) is 18.3 Å². The Morgan fingerprint density at radius 3 is 2.64 bits per heavy atom. The molecular formula is C18H25ClN2O. The van der Waals surface area contributed by atoms with Crippen LogP contribution in [0.2, 0.25) is 0 Å². The van der Waals surface area contributed by atoms with Crippen molar-refractivity contribution in [2.75, 3.05) is 27.2 Å². The Balaban J connectivity index is 0.00000242. The lowest BCUT2D eigenvalue weighted by molar-refractivity contribution is -0.129. The van der Waals surface area contributed by atoms with Crippen LogP contribution in [-0.4, -0.2) is 38.0 Å². The normalized spacial score (nSPS) is 10.3. The molecule has 0 aliphatic carbocycles. The van der Waals surface area contributed by atoms with E-state index >= 15 is 0 Å². The Hall–Kier alpha value is -1.58. The SMILES string of the molecule is CNCCCC(=O)N(C)CCc1cccc2ccccc12.Cl. The minimum atomic E-state index is 0. The average molecular weight is 321 g/mol. The summed E-state index contributed by atoms with van der Waals surface area (Å²) >= 11 is 0. The standard InChI is InChI=1S/C18H24N2O.ClH/c1-19-13-6-11-18(21)20(2)14-12-16-9-5-8-15-7-3-4-10-17(15)16;/h3-5,7-10,19H,6,11-14H2,1-2H3;1H. The second kappa shape index (κ2) is 9.44. The minimum absolute atomic E-state index is 0. The van der Waals surface area contributed by atoms with Gasteiger partial charge >= 0.3 is 0 Å². The van der Waals surface area contributed by atoms with E-state index in [4.69, 9.17) is 0 Å². The van der Waals surface area contributed by atoms with Gasteiger partial charge < -0.3 is 10.2 Å². The third-order valence-corrected chi connectivity index (χ3v) is 3.84. The van der Waals surface area contributed by atoms with Gasteiger partial charge in [-0.1, -0.05) is 42.5 Å². The molecule has 0 unspecified atom stereocenters. The molecule has 2 aromatic rings. The number of hydrogen-bond acceptors (Lipinski definition) is 2. The smallest absolute Gasteiger partial charge is 0.222 e. The topological polar surface area (TPSA) is 32.3 Å². The molecule has 0 fully saturated rings. The molecule has 0 heterocycles. The van der Waals surface area contributed by atoms with Crippen LogP contribution in [0.5, 0.6) is 0 Å². The Morgan fingerprint density at radius 2 is 1.86 bits per heavy atom. The maximum atomic E-state index is 12.0. The quantitative estimate of drug-likeness (QED) is 0.794. The Morgan fingerprint density at radius 1 is 1.14 bits per heavy atom. The molecule has 2 rings (SSSR count). The van der Waals surface area contributed by atoms with Crippen molar-refractivity contribution in [3.63, 3.8) is 0 Å². The largest absolute Gasteiger partial charge is 0.345 e. The highest BCUT2D eigenvalue weighted by molar-refractivity contribution is 5.86. The fourth-order valence-electron chi connectivity index (χ4n) is 2.53. The van der Waals surface area contributed by atoms with Crippen LogP contribution < -0.4 is 5.32 Å². The molecule has 0 bridgehead atoms. The summed E-state index contributed by atoms with van der Waals surface area (Å²) in [5.41, 5.74) is 1.31. The average Bonchev–Trinajstić information content (AvgIpc) is 2.52. The van der Waals surface area contributed by atoms with Gasteiger partial charge in [-0.3, -0.25) is 4.79 Å². The zero-order valence-electron chi connectivity index (χ0n) is 13.3. The molecule has 0 saturated heterocycles. The molecule has 0 aromatic heterocycles. The van der Waals surface area contributed by atoms with Crippen LogP contribution in [0.3, 0.4) is 0 Å². The zero-order valence-corrected chi connectivity index (χ0v) is 14.2. The molecule has 0 spiro atoms. The van der Waals surface area contributed by atoms with Crippen LogP contribution in [0, 0.1) is 0 Å². The van der Waals surface area contributed by atoms with E-state index in [1.165, 1.54) is 16.3 Å². The number of likely N-dealkylation sites (N-methyl/N-ethyl adjacent to an activating group) is 1. The van der Waals surface area contributed by atoms with Crippen molar-refractivity contribution in [1.82, 2.24) is 10.2 Å². The molecule has 1 N–H and O–H groups in total. The first-order valence-corrected chi connectivity index (χ1v) is 7.57. The predicted molar refractivity (Wildman–Crippen MR) is 95.7 cm³/mol. The molecule has 4 heteroatoms. The number of carbonyl (C=O) groups excluding carboxylic acids is 1. The van der Waals surface area contributed by atoms with E-state index in [1.807, 2.05) is 19.0 Å². The first-order valence-electron chi connectivity index (χ1n) is 7.57. The summed E-state index contributed by atoms with van der Waals surface area (Å²) in [6.07, 6.45) is 2.41. The minimum Gasteiger partial charge on any atom is -0.345 e. The summed E-state index contributed by atoms with van der Waals surface area (Å²) < 4.78 is 0. The van der Waals surface area contributed by atoms with Gasteiger partial charge in [-0.25, -0.2) is 0 Å². The fourth-order valence-corrected chi connectivity index (χ4v) is 2.53. The molecule has 2 aromatic carbocycles. The molecule has 120 valence electrons. The number of hydrogen-bond donors (Lipinski definition) is 1. The molecule has 0 aliphatic rings. The molecule has 1 amide bonds. The van der Waals surface area contributed by atoms with Gasteiger partial charge in [-0.05, 0) is 42.8 Å². The van der Waals surface area contributed by atoms with Crippen molar-refractivity contribution in [2.24, 2.45) is 0 Å². The van der Waals surface area contributed by atoms with E-state index in [0.717, 1.165) is 25.9 Å². The molecule has 0 atom stereocenters. The molecule has 0 aliphatic heterocycles. The Labute approximate surface area is 139 Å². The summed E-state index contributed by atoms with van der Waals surface area (Å²) in [7, 11) is 3.81. The number of carbonyl (C=O) groups is 1. The Bertz CT molecular complexity index is 595. The third-order valence-electron chi connectivity index (χ3n) is 3.84.